The van der Waals surface area contributed by atoms with Gasteiger partial charge in [-0.2, -0.15) is 0 Å². The lowest BCUT2D eigenvalue weighted by atomic mass is 10.1. The van der Waals surface area contributed by atoms with Gasteiger partial charge in [0.15, 0.2) is 11.5 Å². The predicted molar refractivity (Wildman–Crippen MR) is 102 cm³/mol. The van der Waals surface area contributed by atoms with Crippen molar-refractivity contribution in [3.8, 4) is 23.0 Å². The Bertz CT molecular complexity index is 948. The van der Waals surface area contributed by atoms with Gasteiger partial charge in [0.05, 0.1) is 11.3 Å². The average molecular weight is 398 g/mol. The number of hydrogen-bond donors (Lipinski definition) is 1. The molecule has 3 aromatic rings. The molecule has 0 saturated carbocycles. The van der Waals surface area contributed by atoms with E-state index in [0.29, 0.717) is 37.3 Å². The predicted octanol–water partition coefficient (Wildman–Crippen LogP) is 2.35. The summed E-state index contributed by atoms with van der Waals surface area (Å²) < 4.78 is 16.6. The number of carbonyl (C=O) groups excluding carboxylic acids is 1. The van der Waals surface area contributed by atoms with Crippen LogP contribution < -0.4 is 14.8 Å². The molecule has 0 atom stereocenters. The molecule has 1 amide bonds. The van der Waals surface area contributed by atoms with E-state index in [1.165, 1.54) is 11.8 Å². The Kier molecular flexibility index (Phi) is 5.72. The Morgan fingerprint density at radius 3 is 2.89 bits per heavy atom. The number of rotatable bonds is 7. The van der Waals surface area contributed by atoms with Crippen LogP contribution in [-0.2, 0) is 11.2 Å². The van der Waals surface area contributed by atoms with Crippen LogP contribution in [0.15, 0.2) is 52.4 Å². The van der Waals surface area contributed by atoms with Crippen LogP contribution in [0.5, 0.6) is 11.5 Å². The van der Waals surface area contributed by atoms with E-state index in [9.17, 15) is 4.79 Å². The molecule has 2 aromatic heterocycles. The largest absolute Gasteiger partial charge is 0.486 e. The lowest BCUT2D eigenvalue weighted by Gasteiger charge is -2.18. The first-order valence-corrected chi connectivity index (χ1v) is 9.78. The van der Waals surface area contributed by atoms with Gasteiger partial charge in [0.2, 0.25) is 11.8 Å². The Morgan fingerprint density at radius 1 is 1.14 bits per heavy atom. The monoisotopic (exact) mass is 398 g/mol. The van der Waals surface area contributed by atoms with E-state index in [0.717, 1.165) is 22.6 Å². The number of benzene rings is 1. The quantitative estimate of drug-likeness (QED) is 0.606. The minimum absolute atomic E-state index is 0.0938. The van der Waals surface area contributed by atoms with E-state index < -0.39 is 0 Å². The minimum Gasteiger partial charge on any atom is -0.486 e. The standard InChI is InChI=1S/C19H18N4O4S/c24-17(12-28-19-23-22-18(27-19)14-2-1-6-20-11-14)21-7-5-13-3-4-15-16(10-13)26-9-8-25-15/h1-4,6,10-11H,5,7-9,12H2,(H,21,24). The molecule has 1 N–H and O–H groups in total. The first kappa shape index (κ1) is 18.3. The zero-order chi connectivity index (χ0) is 19.2. The van der Waals surface area contributed by atoms with E-state index in [-0.39, 0.29) is 11.7 Å². The van der Waals surface area contributed by atoms with Gasteiger partial charge in [0.1, 0.15) is 13.2 Å². The van der Waals surface area contributed by atoms with E-state index in [1.54, 1.807) is 18.5 Å². The third-order valence-corrected chi connectivity index (χ3v) is 4.80. The van der Waals surface area contributed by atoms with Gasteiger partial charge < -0.3 is 19.2 Å². The number of aromatic nitrogens is 3. The van der Waals surface area contributed by atoms with E-state index >= 15 is 0 Å². The van der Waals surface area contributed by atoms with Gasteiger partial charge in [-0.1, -0.05) is 17.8 Å². The number of amides is 1. The lowest BCUT2D eigenvalue weighted by molar-refractivity contribution is -0.118. The van der Waals surface area contributed by atoms with Crippen molar-refractivity contribution in [3.05, 3.63) is 48.3 Å². The smallest absolute Gasteiger partial charge is 0.277 e. The molecule has 28 heavy (non-hydrogen) atoms. The number of ether oxygens (including phenoxy) is 2. The van der Waals surface area contributed by atoms with Gasteiger partial charge in [-0.15, -0.1) is 10.2 Å². The van der Waals surface area contributed by atoms with Crippen molar-refractivity contribution in [2.24, 2.45) is 0 Å². The van der Waals surface area contributed by atoms with Crippen LogP contribution in [-0.4, -0.2) is 46.6 Å². The number of nitrogens with one attached hydrogen (secondary N) is 1. The van der Waals surface area contributed by atoms with E-state index in [1.807, 2.05) is 24.3 Å². The molecular weight excluding hydrogens is 380 g/mol. The van der Waals surface area contributed by atoms with Crippen LogP contribution in [0, 0.1) is 0 Å². The summed E-state index contributed by atoms with van der Waals surface area (Å²) in [5.74, 6) is 2.01. The highest BCUT2D eigenvalue weighted by Crippen LogP contribution is 2.30. The number of nitrogens with zero attached hydrogens (tertiary/aromatic N) is 3. The molecule has 3 heterocycles. The normalized spacial score (nSPS) is 12.6. The van der Waals surface area contributed by atoms with Crippen molar-refractivity contribution in [1.29, 1.82) is 0 Å². The molecule has 1 aromatic carbocycles. The Hall–Kier alpha value is -3.07. The number of carbonyl (C=O) groups is 1. The Balaban J connectivity index is 1.22. The molecule has 144 valence electrons. The summed E-state index contributed by atoms with van der Waals surface area (Å²) in [6.07, 6.45) is 4.02. The van der Waals surface area contributed by atoms with Crippen LogP contribution in [0.4, 0.5) is 0 Å². The number of thioether (sulfide) groups is 1. The first-order chi connectivity index (χ1) is 13.8. The number of pyridine rings is 1. The molecular formula is C19H18N4O4S. The van der Waals surface area contributed by atoms with Gasteiger partial charge in [-0.05, 0) is 36.2 Å². The van der Waals surface area contributed by atoms with E-state index in [2.05, 4.69) is 20.5 Å². The highest BCUT2D eigenvalue weighted by Gasteiger charge is 2.13. The van der Waals surface area contributed by atoms with Crippen molar-refractivity contribution >= 4 is 17.7 Å². The van der Waals surface area contributed by atoms with Crippen LogP contribution in [0.25, 0.3) is 11.5 Å². The molecule has 0 spiro atoms. The Labute approximate surface area is 165 Å². The highest BCUT2D eigenvalue weighted by atomic mass is 32.2. The summed E-state index contributed by atoms with van der Waals surface area (Å²) >= 11 is 1.20. The van der Waals surface area contributed by atoms with Gasteiger partial charge >= 0.3 is 0 Å². The molecule has 0 saturated heterocycles. The molecule has 1 aliphatic rings. The highest BCUT2D eigenvalue weighted by molar-refractivity contribution is 7.99. The molecule has 9 heteroatoms. The Morgan fingerprint density at radius 2 is 2.04 bits per heavy atom. The molecule has 0 unspecified atom stereocenters. The molecule has 4 rings (SSSR count). The summed E-state index contributed by atoms with van der Waals surface area (Å²) in [4.78, 5) is 16.1. The topological polar surface area (TPSA) is 99.4 Å². The SMILES string of the molecule is O=C(CSc1nnc(-c2cccnc2)o1)NCCc1ccc2c(c1)OCCO2. The molecule has 1 aliphatic heterocycles. The second kappa shape index (κ2) is 8.75. The van der Waals surface area contributed by atoms with Gasteiger partial charge in [-0.3, -0.25) is 9.78 Å². The summed E-state index contributed by atoms with van der Waals surface area (Å²) in [6, 6.07) is 9.46. The first-order valence-electron chi connectivity index (χ1n) is 8.80. The second-order valence-corrected chi connectivity index (χ2v) is 6.91. The molecule has 0 bridgehead atoms. The van der Waals surface area contributed by atoms with Gasteiger partial charge in [0.25, 0.3) is 5.22 Å². The molecule has 0 radical (unpaired) electrons. The number of fused-ring (bicyclic) bond motifs is 1. The molecule has 0 fully saturated rings. The van der Waals surface area contributed by atoms with Crippen LogP contribution in [0.2, 0.25) is 0 Å². The average Bonchev–Trinajstić information content (AvgIpc) is 3.22. The third kappa shape index (κ3) is 4.61. The van der Waals surface area contributed by atoms with Crippen LogP contribution >= 0.6 is 11.8 Å². The molecule has 8 nitrogen and oxygen atoms in total. The number of hydrogen-bond acceptors (Lipinski definition) is 8. The third-order valence-electron chi connectivity index (χ3n) is 3.98. The maximum atomic E-state index is 12.0. The maximum absolute atomic E-state index is 12.0. The van der Waals surface area contributed by atoms with Crippen LogP contribution in [0.3, 0.4) is 0 Å². The fourth-order valence-corrected chi connectivity index (χ4v) is 3.23. The van der Waals surface area contributed by atoms with Crippen molar-refractivity contribution in [2.75, 3.05) is 25.5 Å². The zero-order valence-corrected chi connectivity index (χ0v) is 15.8. The second-order valence-electron chi connectivity index (χ2n) is 5.98. The maximum Gasteiger partial charge on any atom is 0.277 e. The fourth-order valence-electron chi connectivity index (χ4n) is 2.64. The molecule has 0 aliphatic carbocycles. The lowest BCUT2D eigenvalue weighted by Crippen LogP contribution is -2.27. The van der Waals surface area contributed by atoms with Crippen molar-refractivity contribution in [1.82, 2.24) is 20.5 Å². The van der Waals surface area contributed by atoms with Crippen molar-refractivity contribution in [2.45, 2.75) is 11.6 Å². The van der Waals surface area contributed by atoms with Crippen LogP contribution in [0.1, 0.15) is 5.56 Å². The van der Waals surface area contributed by atoms with E-state index in [4.69, 9.17) is 13.9 Å². The van der Waals surface area contributed by atoms with Gasteiger partial charge in [-0.25, -0.2) is 0 Å². The fraction of sp³-hybridized carbons (Fsp3) is 0.263. The summed E-state index contributed by atoms with van der Waals surface area (Å²) in [6.45, 7) is 1.66. The van der Waals surface area contributed by atoms with Crippen molar-refractivity contribution in [3.63, 3.8) is 0 Å². The summed E-state index contributed by atoms with van der Waals surface area (Å²) in [7, 11) is 0. The summed E-state index contributed by atoms with van der Waals surface area (Å²) in [5.41, 5.74) is 1.82. The zero-order valence-electron chi connectivity index (χ0n) is 15.0. The van der Waals surface area contributed by atoms with Gasteiger partial charge in [0, 0.05) is 18.9 Å². The minimum atomic E-state index is -0.0938. The summed E-state index contributed by atoms with van der Waals surface area (Å²) in [5, 5.41) is 11.2. The van der Waals surface area contributed by atoms with Crippen molar-refractivity contribution < 1.29 is 18.7 Å².